The van der Waals surface area contributed by atoms with Crippen molar-refractivity contribution >= 4 is 12.2 Å². The molecule has 0 unspecified atom stereocenters. The number of hydrogen-bond acceptors (Lipinski definition) is 4. The molecule has 0 amide bonds. The van der Waals surface area contributed by atoms with E-state index in [-0.39, 0.29) is 5.56 Å². The molecule has 5 heteroatoms. The number of aryl methyl sites for hydroxylation is 1. The van der Waals surface area contributed by atoms with E-state index in [9.17, 15) is 4.79 Å². The Morgan fingerprint density at radius 3 is 3.18 bits per heavy atom. The fraction of sp³-hybridized carbons (Fsp3) is 0.417. The fourth-order valence-corrected chi connectivity index (χ4v) is 1.79. The van der Waals surface area contributed by atoms with E-state index in [1.165, 1.54) is 6.07 Å². The van der Waals surface area contributed by atoms with Crippen LogP contribution in [0.4, 0.5) is 5.95 Å². The molecule has 1 aromatic rings. The normalized spacial score (nSPS) is 19.7. The van der Waals surface area contributed by atoms with Gasteiger partial charge in [-0.05, 0) is 32.1 Å². The van der Waals surface area contributed by atoms with Crippen LogP contribution >= 0.6 is 0 Å². The van der Waals surface area contributed by atoms with E-state index < -0.39 is 0 Å². The van der Waals surface area contributed by atoms with E-state index in [4.69, 9.17) is 0 Å². The van der Waals surface area contributed by atoms with E-state index in [1.54, 1.807) is 6.92 Å². The van der Waals surface area contributed by atoms with Gasteiger partial charge in [-0.2, -0.15) is 5.10 Å². The minimum atomic E-state index is -0.171. The minimum Gasteiger partial charge on any atom is -0.291 e. The number of rotatable bonds is 3. The van der Waals surface area contributed by atoms with Crippen molar-refractivity contribution < 1.29 is 0 Å². The fourth-order valence-electron chi connectivity index (χ4n) is 1.79. The summed E-state index contributed by atoms with van der Waals surface area (Å²) in [5.74, 6) is 0.863. The first kappa shape index (κ1) is 11.6. The Kier molecular flexibility index (Phi) is 3.69. The first-order valence-corrected chi connectivity index (χ1v) is 5.76. The predicted octanol–water partition coefficient (Wildman–Crippen LogP) is 1.83. The average Bonchev–Trinajstić information content (AvgIpc) is 2.29. The van der Waals surface area contributed by atoms with Gasteiger partial charge in [0.15, 0.2) is 0 Å². The van der Waals surface area contributed by atoms with E-state index in [1.807, 2.05) is 6.21 Å². The monoisotopic (exact) mass is 232 g/mol. The van der Waals surface area contributed by atoms with Gasteiger partial charge in [0.2, 0.25) is 5.95 Å². The first-order valence-electron chi connectivity index (χ1n) is 5.76. The van der Waals surface area contributed by atoms with Crippen LogP contribution < -0.4 is 11.0 Å². The molecule has 5 nitrogen and oxygen atoms in total. The van der Waals surface area contributed by atoms with E-state index in [0.717, 1.165) is 19.3 Å². The zero-order chi connectivity index (χ0) is 12.1. The molecule has 0 saturated carbocycles. The lowest BCUT2D eigenvalue weighted by Gasteiger charge is -2.11. The van der Waals surface area contributed by atoms with Gasteiger partial charge in [0.25, 0.3) is 5.56 Å². The summed E-state index contributed by atoms with van der Waals surface area (Å²) in [5, 5.41) is 4.11. The summed E-state index contributed by atoms with van der Waals surface area (Å²) < 4.78 is 0. The maximum atomic E-state index is 11.2. The number of nitrogens with one attached hydrogen (secondary N) is 2. The predicted molar refractivity (Wildman–Crippen MR) is 68.2 cm³/mol. The van der Waals surface area contributed by atoms with Crippen molar-refractivity contribution in [2.45, 2.75) is 26.2 Å². The van der Waals surface area contributed by atoms with Crippen molar-refractivity contribution in [2.75, 3.05) is 5.43 Å². The van der Waals surface area contributed by atoms with Crippen LogP contribution in [0.2, 0.25) is 0 Å². The Morgan fingerprint density at radius 1 is 1.59 bits per heavy atom. The summed E-state index contributed by atoms with van der Waals surface area (Å²) in [4.78, 5) is 17.9. The lowest BCUT2D eigenvalue weighted by Crippen LogP contribution is -2.11. The zero-order valence-electron chi connectivity index (χ0n) is 9.81. The standard InChI is InChI=1S/C12H16N4O/c1-9-7-11(17)15-12(14-9)16-13-8-10-5-3-2-4-6-10/h2-3,7-8,10H,4-6H2,1H3,(H2,14,15,16,17)/b13-8-/t10-/m0/s1. The smallest absolute Gasteiger partial charge is 0.252 e. The second-order valence-electron chi connectivity index (χ2n) is 4.17. The highest BCUT2D eigenvalue weighted by molar-refractivity contribution is 5.62. The lowest BCUT2D eigenvalue weighted by molar-refractivity contribution is 0.627. The molecule has 2 rings (SSSR count). The Balaban J connectivity index is 1.94. The third-order valence-corrected chi connectivity index (χ3v) is 2.64. The Bertz CT molecular complexity index is 490. The molecule has 1 aromatic heterocycles. The van der Waals surface area contributed by atoms with Crippen molar-refractivity contribution in [2.24, 2.45) is 11.0 Å². The zero-order valence-corrected chi connectivity index (χ0v) is 9.81. The molecule has 90 valence electrons. The molecule has 1 atom stereocenters. The molecule has 1 heterocycles. The maximum absolute atomic E-state index is 11.2. The minimum absolute atomic E-state index is 0.171. The van der Waals surface area contributed by atoms with E-state index in [2.05, 4.69) is 32.6 Å². The number of hydrogen-bond donors (Lipinski definition) is 2. The summed E-state index contributed by atoms with van der Waals surface area (Å²) in [5.41, 5.74) is 3.25. The lowest BCUT2D eigenvalue weighted by atomic mass is 9.96. The number of H-pyrrole nitrogens is 1. The summed E-state index contributed by atoms with van der Waals surface area (Å²) in [6, 6.07) is 1.45. The van der Waals surface area contributed by atoms with Gasteiger partial charge < -0.3 is 0 Å². The van der Waals surface area contributed by atoms with Crippen LogP contribution in [0.15, 0.2) is 28.1 Å². The quantitative estimate of drug-likeness (QED) is 0.474. The second-order valence-corrected chi connectivity index (χ2v) is 4.17. The van der Waals surface area contributed by atoms with Gasteiger partial charge in [-0.1, -0.05) is 12.2 Å². The highest BCUT2D eigenvalue weighted by Gasteiger charge is 2.06. The molecule has 0 aliphatic heterocycles. The van der Waals surface area contributed by atoms with Crippen LogP contribution in [0.1, 0.15) is 25.0 Å². The summed E-state index contributed by atoms with van der Waals surface area (Å²) >= 11 is 0. The maximum Gasteiger partial charge on any atom is 0.252 e. The highest BCUT2D eigenvalue weighted by Crippen LogP contribution is 2.15. The van der Waals surface area contributed by atoms with E-state index in [0.29, 0.717) is 17.6 Å². The van der Waals surface area contributed by atoms with Gasteiger partial charge in [-0.3, -0.25) is 9.78 Å². The van der Waals surface area contributed by atoms with Gasteiger partial charge in [-0.25, -0.2) is 10.4 Å². The molecular formula is C12H16N4O. The molecular weight excluding hydrogens is 216 g/mol. The van der Waals surface area contributed by atoms with Gasteiger partial charge in [0.1, 0.15) is 0 Å². The van der Waals surface area contributed by atoms with Crippen molar-refractivity contribution in [1.82, 2.24) is 9.97 Å². The molecule has 1 aliphatic rings. The van der Waals surface area contributed by atoms with Crippen LogP contribution in [0.5, 0.6) is 0 Å². The molecule has 17 heavy (non-hydrogen) atoms. The first-order chi connectivity index (χ1) is 8.24. The van der Waals surface area contributed by atoms with Gasteiger partial charge >= 0.3 is 0 Å². The topological polar surface area (TPSA) is 70.1 Å². The average molecular weight is 232 g/mol. The summed E-state index contributed by atoms with van der Waals surface area (Å²) in [7, 11) is 0. The summed E-state index contributed by atoms with van der Waals surface area (Å²) in [6.45, 7) is 1.77. The molecule has 0 bridgehead atoms. The van der Waals surface area contributed by atoms with Crippen molar-refractivity contribution in [3.05, 3.63) is 34.3 Å². The van der Waals surface area contributed by atoms with Crippen molar-refractivity contribution in [3.63, 3.8) is 0 Å². The molecule has 0 saturated heterocycles. The van der Waals surface area contributed by atoms with Crippen LogP contribution in [-0.2, 0) is 0 Å². The molecule has 0 aromatic carbocycles. The van der Waals surface area contributed by atoms with Crippen LogP contribution in [0.3, 0.4) is 0 Å². The number of aromatic nitrogens is 2. The SMILES string of the molecule is Cc1cc(=O)[nH]c(N/N=C\[C@H]2CC=CCC2)n1. The molecule has 1 aliphatic carbocycles. The third-order valence-electron chi connectivity index (χ3n) is 2.64. The number of nitrogens with zero attached hydrogens (tertiary/aromatic N) is 2. The number of aromatic amines is 1. The van der Waals surface area contributed by atoms with Crippen molar-refractivity contribution in [1.29, 1.82) is 0 Å². The van der Waals surface area contributed by atoms with Crippen molar-refractivity contribution in [3.8, 4) is 0 Å². The number of anilines is 1. The number of hydrazone groups is 1. The Labute approximate surface area is 99.7 Å². The third kappa shape index (κ3) is 3.55. The summed E-state index contributed by atoms with van der Waals surface area (Å²) in [6.07, 6.45) is 9.51. The van der Waals surface area contributed by atoms with Gasteiger partial charge in [0, 0.05) is 18.0 Å². The molecule has 0 fully saturated rings. The van der Waals surface area contributed by atoms with Crippen LogP contribution in [0.25, 0.3) is 0 Å². The van der Waals surface area contributed by atoms with E-state index >= 15 is 0 Å². The Morgan fingerprint density at radius 2 is 2.47 bits per heavy atom. The Hall–Kier alpha value is -1.91. The van der Waals surface area contributed by atoms with Crippen LogP contribution in [-0.4, -0.2) is 16.2 Å². The van der Waals surface area contributed by atoms with Gasteiger partial charge in [-0.15, -0.1) is 0 Å². The van der Waals surface area contributed by atoms with Crippen LogP contribution in [0, 0.1) is 12.8 Å². The number of allylic oxidation sites excluding steroid dienone is 2. The van der Waals surface area contributed by atoms with Gasteiger partial charge in [0.05, 0.1) is 0 Å². The molecule has 2 N–H and O–H groups in total. The second kappa shape index (κ2) is 5.43. The highest BCUT2D eigenvalue weighted by atomic mass is 16.1. The molecule has 0 spiro atoms. The molecule has 0 radical (unpaired) electrons. The largest absolute Gasteiger partial charge is 0.291 e.